The molecule has 0 amide bonds. The first-order valence-corrected chi connectivity index (χ1v) is 7.97. The molecule has 0 aromatic carbocycles. The molecule has 0 bridgehead atoms. The van der Waals surface area contributed by atoms with Crippen molar-refractivity contribution in [3.63, 3.8) is 0 Å². The number of anilines is 2. The molecule has 2 rings (SSSR count). The molecule has 1 atom stereocenters. The van der Waals surface area contributed by atoms with Crippen LogP contribution in [0.25, 0.3) is 0 Å². The topological polar surface area (TPSA) is 101 Å². The molecule has 1 aliphatic rings. The monoisotopic (exact) mass is 335 g/mol. The molecular formula is C9H14BrN5O2S. The van der Waals surface area contributed by atoms with Crippen molar-refractivity contribution in [3.05, 3.63) is 10.7 Å². The van der Waals surface area contributed by atoms with Gasteiger partial charge < -0.3 is 4.90 Å². The number of nitrogens with one attached hydrogen (secondary N) is 1. The zero-order valence-electron chi connectivity index (χ0n) is 9.80. The Morgan fingerprint density at radius 2 is 2.33 bits per heavy atom. The van der Waals surface area contributed by atoms with E-state index in [9.17, 15) is 8.42 Å². The van der Waals surface area contributed by atoms with Crippen LogP contribution in [-0.4, -0.2) is 43.0 Å². The molecule has 1 aromatic rings. The van der Waals surface area contributed by atoms with E-state index in [-0.39, 0.29) is 17.5 Å². The van der Waals surface area contributed by atoms with Crippen molar-refractivity contribution >= 4 is 37.5 Å². The highest BCUT2D eigenvalue weighted by Gasteiger charge is 2.32. The second-order valence-corrected chi connectivity index (χ2v) is 7.26. The standard InChI is InChI=1S/C9H14BrN5O2S/c1-15(6-2-3-18(16,17)5-6)8-7(10)4-12-9(13-8)14-11/h4,6H,2-3,5,11H2,1H3,(H,12,13,14). The van der Waals surface area contributed by atoms with E-state index in [1.54, 1.807) is 6.20 Å². The summed E-state index contributed by atoms with van der Waals surface area (Å²) in [4.78, 5) is 10.0. The maximum atomic E-state index is 11.5. The predicted octanol–water partition coefficient (Wildman–Crippen LogP) is 0.148. The van der Waals surface area contributed by atoms with Crippen LogP contribution in [0.5, 0.6) is 0 Å². The Morgan fingerprint density at radius 3 is 2.89 bits per heavy atom. The number of hydrazine groups is 1. The number of aromatic nitrogens is 2. The fraction of sp³-hybridized carbons (Fsp3) is 0.556. The summed E-state index contributed by atoms with van der Waals surface area (Å²) in [7, 11) is -1.10. The maximum Gasteiger partial charge on any atom is 0.239 e. The molecule has 0 saturated carbocycles. The van der Waals surface area contributed by atoms with Crippen LogP contribution in [0.2, 0.25) is 0 Å². The molecule has 0 aliphatic carbocycles. The second kappa shape index (κ2) is 4.98. The average Bonchev–Trinajstić information content (AvgIpc) is 2.69. The van der Waals surface area contributed by atoms with Crippen molar-refractivity contribution in [1.82, 2.24) is 9.97 Å². The summed E-state index contributed by atoms with van der Waals surface area (Å²) in [6, 6.07) is -0.0631. The third-order valence-corrected chi connectivity index (χ3v) is 5.25. The number of halogens is 1. The molecule has 1 unspecified atom stereocenters. The summed E-state index contributed by atoms with van der Waals surface area (Å²) in [5, 5.41) is 0. The summed E-state index contributed by atoms with van der Waals surface area (Å²) in [6.07, 6.45) is 2.19. The van der Waals surface area contributed by atoms with Crippen molar-refractivity contribution in [3.8, 4) is 0 Å². The van der Waals surface area contributed by atoms with E-state index in [1.807, 2.05) is 11.9 Å². The molecule has 7 nitrogen and oxygen atoms in total. The molecule has 9 heteroatoms. The fourth-order valence-corrected chi connectivity index (χ4v) is 4.17. The number of nitrogen functional groups attached to an aromatic ring is 1. The first-order chi connectivity index (χ1) is 8.43. The van der Waals surface area contributed by atoms with Gasteiger partial charge in [-0.25, -0.2) is 19.2 Å². The highest BCUT2D eigenvalue weighted by atomic mass is 79.9. The summed E-state index contributed by atoms with van der Waals surface area (Å²) >= 11 is 3.35. The van der Waals surface area contributed by atoms with Gasteiger partial charge >= 0.3 is 0 Å². The van der Waals surface area contributed by atoms with Crippen LogP contribution in [0.15, 0.2) is 10.7 Å². The third-order valence-electron chi connectivity index (χ3n) is 2.94. The minimum atomic E-state index is -2.92. The molecule has 0 spiro atoms. The first kappa shape index (κ1) is 13.5. The minimum absolute atomic E-state index is 0.0631. The van der Waals surface area contributed by atoms with Crippen LogP contribution < -0.4 is 16.2 Å². The minimum Gasteiger partial charge on any atom is -0.355 e. The molecular weight excluding hydrogens is 322 g/mol. The number of nitrogens with two attached hydrogens (primary N) is 1. The maximum absolute atomic E-state index is 11.5. The van der Waals surface area contributed by atoms with E-state index < -0.39 is 9.84 Å². The number of hydrogen-bond donors (Lipinski definition) is 2. The fourth-order valence-electron chi connectivity index (χ4n) is 1.93. The van der Waals surface area contributed by atoms with Crippen molar-refractivity contribution in [2.45, 2.75) is 12.5 Å². The van der Waals surface area contributed by atoms with Gasteiger partial charge in [-0.05, 0) is 22.4 Å². The van der Waals surface area contributed by atoms with Gasteiger partial charge in [0, 0.05) is 19.3 Å². The summed E-state index contributed by atoms with van der Waals surface area (Å²) in [5.41, 5.74) is 2.37. The smallest absolute Gasteiger partial charge is 0.239 e. The Bertz CT molecular complexity index is 550. The molecule has 100 valence electrons. The Kier molecular flexibility index (Phi) is 3.74. The predicted molar refractivity (Wildman–Crippen MR) is 73.0 cm³/mol. The largest absolute Gasteiger partial charge is 0.355 e. The van der Waals surface area contributed by atoms with Gasteiger partial charge in [0.1, 0.15) is 5.82 Å². The highest BCUT2D eigenvalue weighted by molar-refractivity contribution is 9.10. The second-order valence-electron chi connectivity index (χ2n) is 4.18. The Hall–Kier alpha value is -0.930. The molecule has 3 N–H and O–H groups in total. The third kappa shape index (κ3) is 2.73. The Balaban J connectivity index is 2.26. The highest BCUT2D eigenvalue weighted by Crippen LogP contribution is 2.28. The Labute approximate surface area is 114 Å². The normalized spacial score (nSPS) is 21.8. The zero-order chi connectivity index (χ0) is 13.3. The van der Waals surface area contributed by atoms with Gasteiger partial charge in [-0.2, -0.15) is 4.98 Å². The van der Waals surface area contributed by atoms with Gasteiger partial charge in [-0.1, -0.05) is 0 Å². The molecule has 1 aromatic heterocycles. The lowest BCUT2D eigenvalue weighted by Gasteiger charge is -2.25. The van der Waals surface area contributed by atoms with Crippen molar-refractivity contribution < 1.29 is 8.42 Å². The average molecular weight is 336 g/mol. The van der Waals surface area contributed by atoms with E-state index >= 15 is 0 Å². The quantitative estimate of drug-likeness (QED) is 0.598. The number of hydrogen-bond acceptors (Lipinski definition) is 7. The van der Waals surface area contributed by atoms with Gasteiger partial charge in [0.2, 0.25) is 5.95 Å². The first-order valence-electron chi connectivity index (χ1n) is 5.35. The van der Waals surface area contributed by atoms with Crippen LogP contribution in [0, 0.1) is 0 Å². The molecule has 0 radical (unpaired) electrons. The molecule has 2 heterocycles. The summed E-state index contributed by atoms with van der Waals surface area (Å²) in [5.74, 6) is 6.57. The van der Waals surface area contributed by atoms with Gasteiger partial charge in [-0.15, -0.1) is 0 Å². The van der Waals surface area contributed by atoms with Gasteiger partial charge in [0.05, 0.1) is 16.0 Å². The molecule has 18 heavy (non-hydrogen) atoms. The van der Waals surface area contributed by atoms with Gasteiger partial charge in [0.15, 0.2) is 9.84 Å². The van der Waals surface area contributed by atoms with E-state index in [0.717, 1.165) is 0 Å². The van der Waals surface area contributed by atoms with Gasteiger partial charge in [0.25, 0.3) is 0 Å². The molecule has 1 fully saturated rings. The molecule has 1 aliphatic heterocycles. The number of rotatable bonds is 3. The van der Waals surface area contributed by atoms with Crippen LogP contribution in [0.1, 0.15) is 6.42 Å². The van der Waals surface area contributed by atoms with Crippen molar-refractivity contribution in [2.75, 3.05) is 28.9 Å². The number of sulfone groups is 1. The summed E-state index contributed by atoms with van der Waals surface area (Å²) < 4.78 is 23.7. The van der Waals surface area contributed by atoms with E-state index in [2.05, 4.69) is 31.3 Å². The van der Waals surface area contributed by atoms with E-state index in [1.165, 1.54) is 0 Å². The molecule has 1 saturated heterocycles. The summed E-state index contributed by atoms with van der Waals surface area (Å²) in [6.45, 7) is 0. The Morgan fingerprint density at radius 1 is 1.61 bits per heavy atom. The van der Waals surface area contributed by atoms with E-state index in [0.29, 0.717) is 22.7 Å². The number of nitrogens with zero attached hydrogens (tertiary/aromatic N) is 3. The lowest BCUT2D eigenvalue weighted by molar-refractivity contribution is 0.600. The van der Waals surface area contributed by atoms with E-state index in [4.69, 9.17) is 5.84 Å². The zero-order valence-corrected chi connectivity index (χ0v) is 12.2. The SMILES string of the molecule is CN(c1nc(NN)ncc1Br)C1CCS(=O)(=O)C1. The van der Waals surface area contributed by atoms with Crippen molar-refractivity contribution in [1.29, 1.82) is 0 Å². The van der Waals surface area contributed by atoms with Crippen LogP contribution in [0.3, 0.4) is 0 Å². The lowest BCUT2D eigenvalue weighted by atomic mass is 10.2. The lowest BCUT2D eigenvalue weighted by Crippen LogP contribution is -2.33. The van der Waals surface area contributed by atoms with Crippen LogP contribution in [0.4, 0.5) is 11.8 Å². The van der Waals surface area contributed by atoms with Gasteiger partial charge in [-0.3, -0.25) is 5.43 Å². The van der Waals surface area contributed by atoms with Crippen LogP contribution >= 0.6 is 15.9 Å². The van der Waals surface area contributed by atoms with Crippen LogP contribution in [-0.2, 0) is 9.84 Å². The van der Waals surface area contributed by atoms with Crippen molar-refractivity contribution in [2.24, 2.45) is 5.84 Å².